The van der Waals surface area contributed by atoms with Crippen LogP contribution in [0.1, 0.15) is 80.1 Å². The lowest BCUT2D eigenvalue weighted by molar-refractivity contribution is -0.184. The Morgan fingerprint density at radius 3 is 2.37 bits per heavy atom. The van der Waals surface area contributed by atoms with Gasteiger partial charge in [0.05, 0.1) is 7.11 Å². The second kappa shape index (κ2) is 7.08. The van der Waals surface area contributed by atoms with Crippen LogP contribution >= 0.6 is 0 Å². The number of aliphatic hydroxyl groups is 1. The van der Waals surface area contributed by atoms with Gasteiger partial charge in [0, 0.05) is 17.4 Å². The predicted molar refractivity (Wildman–Crippen MR) is 133 cm³/mol. The number of carbonyl (C=O) groups is 3. The zero-order chi connectivity index (χ0) is 25.8. The Kier molecular flexibility index (Phi) is 4.91. The number of hydrogen-bond donors (Lipinski definition) is 1. The van der Waals surface area contributed by atoms with Crippen molar-refractivity contribution in [1.29, 1.82) is 0 Å². The predicted octanol–water partition coefficient (Wildman–Crippen LogP) is 5.97. The molecule has 35 heavy (non-hydrogen) atoms. The molecular formula is C30H38O5. The van der Waals surface area contributed by atoms with Gasteiger partial charge in [-0.3, -0.25) is 14.4 Å². The first-order valence-electron chi connectivity index (χ1n) is 12.9. The average molecular weight is 479 g/mol. The number of ketones is 2. The third-order valence-corrected chi connectivity index (χ3v) is 11.4. The molecule has 3 saturated carbocycles. The molecule has 0 aromatic rings. The van der Waals surface area contributed by atoms with Gasteiger partial charge in [0.2, 0.25) is 5.78 Å². The van der Waals surface area contributed by atoms with Crippen LogP contribution in [0.15, 0.2) is 46.3 Å². The van der Waals surface area contributed by atoms with E-state index in [0.717, 1.165) is 36.8 Å². The molecule has 5 nitrogen and oxygen atoms in total. The average Bonchev–Trinajstić information content (AvgIpc) is 2.81. The molecule has 0 aromatic carbocycles. The Bertz CT molecular complexity index is 1200. The Balaban J connectivity index is 1.64. The number of ether oxygens (including phenoxy) is 1. The summed E-state index contributed by atoms with van der Waals surface area (Å²) in [5.41, 5.74) is 2.17. The van der Waals surface area contributed by atoms with Gasteiger partial charge in [0.15, 0.2) is 5.76 Å². The molecule has 5 aliphatic rings. The summed E-state index contributed by atoms with van der Waals surface area (Å²) in [6, 6.07) is 0. The highest BCUT2D eigenvalue weighted by atomic mass is 16.5. The number of rotatable bonds is 1. The fourth-order valence-electron chi connectivity index (χ4n) is 8.76. The van der Waals surface area contributed by atoms with Crippen molar-refractivity contribution in [2.75, 3.05) is 7.11 Å². The minimum absolute atomic E-state index is 0.00773. The highest BCUT2D eigenvalue weighted by Gasteiger charge is 2.68. The summed E-state index contributed by atoms with van der Waals surface area (Å²) in [6.45, 7) is 12.8. The van der Waals surface area contributed by atoms with Crippen molar-refractivity contribution in [2.45, 2.75) is 80.1 Å². The molecule has 1 N–H and O–H groups in total. The number of methoxy groups -OCH3 is 1. The van der Waals surface area contributed by atoms with E-state index in [1.165, 1.54) is 12.7 Å². The van der Waals surface area contributed by atoms with Crippen molar-refractivity contribution >= 4 is 17.5 Å². The maximum atomic E-state index is 13.3. The van der Waals surface area contributed by atoms with Crippen LogP contribution in [0.5, 0.6) is 0 Å². The quantitative estimate of drug-likeness (QED) is 0.371. The Hall–Kier alpha value is -2.43. The molecule has 3 fully saturated rings. The third kappa shape index (κ3) is 2.78. The fraction of sp³-hybridized carbons (Fsp3) is 0.633. The van der Waals surface area contributed by atoms with Gasteiger partial charge in [0.25, 0.3) is 0 Å². The van der Waals surface area contributed by atoms with Gasteiger partial charge < -0.3 is 9.84 Å². The topological polar surface area (TPSA) is 80.7 Å². The van der Waals surface area contributed by atoms with Crippen LogP contribution in [0.2, 0.25) is 0 Å². The van der Waals surface area contributed by atoms with Gasteiger partial charge in [-0.15, -0.1) is 0 Å². The Morgan fingerprint density at radius 2 is 1.71 bits per heavy atom. The molecule has 0 saturated heterocycles. The number of aliphatic hydroxyl groups excluding tert-OH is 1. The van der Waals surface area contributed by atoms with Crippen LogP contribution in [0.4, 0.5) is 0 Å². The standard InChI is InChI=1S/C30H38O5/c1-17-18-8-9-21-27(3,19(18)14-20(31)24(17)33)11-13-30(6)22-15-28(4,25(34)35-7)23(32)16-26(22,2)10-12-29(21,30)5/h8-9,14,22,33H,10-13,15-16H2,1-7H3/t22?,26-,27-,28-,29+,30-/m0/s1. The highest BCUT2D eigenvalue weighted by Crippen LogP contribution is 2.75. The van der Waals surface area contributed by atoms with E-state index in [1.54, 1.807) is 13.0 Å². The molecule has 5 rings (SSSR count). The number of fused-ring (bicyclic) bond motifs is 7. The second-order valence-corrected chi connectivity index (χ2v) is 13.0. The zero-order valence-corrected chi connectivity index (χ0v) is 22.1. The van der Waals surface area contributed by atoms with Crippen molar-refractivity contribution in [3.63, 3.8) is 0 Å². The van der Waals surface area contributed by atoms with Crippen molar-refractivity contribution in [1.82, 2.24) is 0 Å². The molecule has 0 amide bonds. The first-order chi connectivity index (χ1) is 16.2. The first kappa shape index (κ1) is 24.3. The van der Waals surface area contributed by atoms with Crippen molar-refractivity contribution in [3.8, 4) is 0 Å². The summed E-state index contributed by atoms with van der Waals surface area (Å²) < 4.78 is 5.12. The summed E-state index contributed by atoms with van der Waals surface area (Å²) in [4.78, 5) is 38.7. The van der Waals surface area contributed by atoms with Gasteiger partial charge in [-0.2, -0.15) is 0 Å². The monoisotopic (exact) mass is 478 g/mol. The molecule has 5 heteroatoms. The van der Waals surface area contributed by atoms with Gasteiger partial charge in [-0.05, 0) is 85.3 Å². The van der Waals surface area contributed by atoms with E-state index in [2.05, 4.69) is 39.8 Å². The molecule has 0 radical (unpaired) electrons. The van der Waals surface area contributed by atoms with Crippen LogP contribution in [-0.2, 0) is 19.1 Å². The lowest BCUT2D eigenvalue weighted by Gasteiger charge is -2.69. The van der Waals surface area contributed by atoms with Crippen LogP contribution in [0.25, 0.3) is 0 Å². The molecule has 5 aliphatic carbocycles. The molecule has 6 atom stereocenters. The minimum Gasteiger partial charge on any atom is -0.504 e. The summed E-state index contributed by atoms with van der Waals surface area (Å²) in [6.07, 6.45) is 10.6. The van der Waals surface area contributed by atoms with Crippen LogP contribution in [-0.4, -0.2) is 29.8 Å². The molecule has 0 aromatic heterocycles. The number of carbonyl (C=O) groups excluding carboxylic acids is 3. The lowest BCUT2D eigenvalue weighted by Crippen LogP contribution is -2.63. The highest BCUT2D eigenvalue weighted by molar-refractivity contribution is 6.06. The maximum absolute atomic E-state index is 13.3. The van der Waals surface area contributed by atoms with E-state index < -0.39 is 11.4 Å². The first-order valence-corrected chi connectivity index (χ1v) is 12.9. The normalized spacial score (nSPS) is 44.8. The molecule has 188 valence electrons. The number of esters is 1. The van der Waals surface area contributed by atoms with E-state index in [1.807, 2.05) is 6.92 Å². The summed E-state index contributed by atoms with van der Waals surface area (Å²) in [5, 5.41) is 10.3. The van der Waals surface area contributed by atoms with Gasteiger partial charge in [-0.1, -0.05) is 45.4 Å². The van der Waals surface area contributed by atoms with Crippen molar-refractivity contribution < 1.29 is 24.2 Å². The van der Waals surface area contributed by atoms with Crippen LogP contribution in [0, 0.1) is 33.0 Å². The van der Waals surface area contributed by atoms with E-state index in [9.17, 15) is 19.5 Å². The largest absolute Gasteiger partial charge is 0.504 e. The summed E-state index contributed by atoms with van der Waals surface area (Å²) in [7, 11) is 1.37. The number of hydrogen-bond acceptors (Lipinski definition) is 5. The Labute approximate surface area is 208 Å². The molecule has 0 bridgehead atoms. The third-order valence-electron chi connectivity index (χ3n) is 11.4. The molecular weight excluding hydrogens is 440 g/mol. The van der Waals surface area contributed by atoms with Gasteiger partial charge >= 0.3 is 5.97 Å². The number of Topliss-reactive ketones (excluding diaryl/α,β-unsaturated/α-hetero) is 1. The molecule has 0 aliphatic heterocycles. The van der Waals surface area contributed by atoms with Crippen LogP contribution < -0.4 is 0 Å². The van der Waals surface area contributed by atoms with Gasteiger partial charge in [0.1, 0.15) is 11.2 Å². The van der Waals surface area contributed by atoms with E-state index in [-0.39, 0.29) is 44.9 Å². The van der Waals surface area contributed by atoms with Crippen LogP contribution in [0.3, 0.4) is 0 Å². The lowest BCUT2D eigenvalue weighted by atomic mass is 9.34. The van der Waals surface area contributed by atoms with E-state index in [4.69, 9.17) is 4.74 Å². The second-order valence-electron chi connectivity index (χ2n) is 13.0. The van der Waals surface area contributed by atoms with E-state index >= 15 is 0 Å². The summed E-state index contributed by atoms with van der Waals surface area (Å²) >= 11 is 0. The number of allylic oxidation sites excluding steroid dienone is 7. The van der Waals surface area contributed by atoms with E-state index in [0.29, 0.717) is 18.4 Å². The minimum atomic E-state index is -1.10. The van der Waals surface area contributed by atoms with Gasteiger partial charge in [-0.25, -0.2) is 0 Å². The van der Waals surface area contributed by atoms with Crippen molar-refractivity contribution in [2.24, 2.45) is 33.0 Å². The molecule has 0 spiro atoms. The zero-order valence-electron chi connectivity index (χ0n) is 22.1. The van der Waals surface area contributed by atoms with Crippen molar-refractivity contribution in [3.05, 3.63) is 46.3 Å². The fourth-order valence-corrected chi connectivity index (χ4v) is 8.76. The SMILES string of the molecule is COC(=O)[C@@]1(C)CC2[C@@](C)(CC[C@]3(C)C4=CC=C5C(=CC(=O)C(O)=C5C)[C@]4(C)CC[C@@]23C)CC1=O. The maximum Gasteiger partial charge on any atom is 0.319 e. The molecule has 1 unspecified atom stereocenters. The smallest absolute Gasteiger partial charge is 0.319 e. The Morgan fingerprint density at radius 1 is 1.03 bits per heavy atom. The molecule has 0 heterocycles. The summed E-state index contributed by atoms with van der Waals surface area (Å²) in [5.74, 6) is -0.688.